The van der Waals surface area contributed by atoms with Crippen molar-refractivity contribution in [1.29, 1.82) is 0 Å². The zero-order valence-electron chi connectivity index (χ0n) is 15.7. The maximum Gasteiger partial charge on any atom is 0.321 e. The molecule has 6 nitrogen and oxygen atoms in total. The Labute approximate surface area is 164 Å². The van der Waals surface area contributed by atoms with Gasteiger partial charge in [-0.2, -0.15) is 0 Å². The van der Waals surface area contributed by atoms with E-state index in [2.05, 4.69) is 15.5 Å². The number of nitrogens with zero attached hydrogens (tertiary/aromatic N) is 2. The molecule has 4 rings (SSSR count). The molecule has 0 bridgehead atoms. The summed E-state index contributed by atoms with van der Waals surface area (Å²) in [5.74, 6) is 0.281. The molecule has 2 N–H and O–H groups in total. The third kappa shape index (κ3) is 4.43. The fraction of sp³-hybridized carbons (Fsp3) is 0.381. The first-order valence-corrected chi connectivity index (χ1v) is 9.72. The third-order valence-corrected chi connectivity index (χ3v) is 5.32. The van der Waals surface area contributed by atoms with E-state index in [0.29, 0.717) is 17.5 Å². The average Bonchev–Trinajstić information content (AvgIpc) is 3.26. The van der Waals surface area contributed by atoms with Crippen molar-refractivity contribution in [2.75, 3.05) is 44.6 Å². The Balaban J connectivity index is 1.28. The molecular formula is C21H25FN4O2. The summed E-state index contributed by atoms with van der Waals surface area (Å²) in [6.07, 6.45) is 1.19. The minimum absolute atomic E-state index is 0.0908. The van der Waals surface area contributed by atoms with Gasteiger partial charge >= 0.3 is 6.03 Å². The highest BCUT2D eigenvalue weighted by Crippen LogP contribution is 2.25. The second kappa shape index (κ2) is 8.58. The van der Waals surface area contributed by atoms with Gasteiger partial charge in [0, 0.05) is 44.5 Å². The number of para-hydroxylation sites is 1. The Morgan fingerprint density at radius 2 is 1.82 bits per heavy atom. The van der Waals surface area contributed by atoms with E-state index in [-0.39, 0.29) is 11.8 Å². The van der Waals surface area contributed by atoms with Crippen molar-refractivity contribution in [3.63, 3.8) is 0 Å². The van der Waals surface area contributed by atoms with Gasteiger partial charge in [-0.3, -0.25) is 4.90 Å². The van der Waals surface area contributed by atoms with Crippen molar-refractivity contribution in [2.24, 2.45) is 0 Å². The van der Waals surface area contributed by atoms with Crippen LogP contribution in [-0.4, -0.2) is 61.1 Å². The maximum atomic E-state index is 13.7. The molecule has 0 spiro atoms. The molecule has 0 radical (unpaired) electrons. The molecule has 2 heterocycles. The molecule has 2 aromatic carbocycles. The first kappa shape index (κ1) is 18.7. The van der Waals surface area contributed by atoms with Crippen molar-refractivity contribution in [3.8, 4) is 11.5 Å². The number of hydrogen-bond acceptors (Lipinski definition) is 4. The van der Waals surface area contributed by atoms with Gasteiger partial charge in [-0.15, -0.1) is 0 Å². The minimum atomic E-state index is -0.410. The van der Waals surface area contributed by atoms with Gasteiger partial charge in [0.2, 0.25) is 0 Å². The third-order valence-electron chi connectivity index (χ3n) is 5.32. The lowest BCUT2D eigenvalue weighted by Gasteiger charge is -2.37. The summed E-state index contributed by atoms with van der Waals surface area (Å²) in [7, 11) is 0. The molecular weight excluding hydrogens is 359 g/mol. The molecule has 2 amide bonds. The topological polar surface area (TPSA) is 56.8 Å². The first-order valence-electron chi connectivity index (χ1n) is 9.72. The van der Waals surface area contributed by atoms with Gasteiger partial charge in [-0.1, -0.05) is 12.1 Å². The summed E-state index contributed by atoms with van der Waals surface area (Å²) in [5, 5.41) is 6.32. The molecule has 7 heteroatoms. The number of rotatable bonds is 4. The van der Waals surface area contributed by atoms with Crippen molar-refractivity contribution in [3.05, 3.63) is 54.3 Å². The summed E-state index contributed by atoms with van der Waals surface area (Å²) >= 11 is 0. The summed E-state index contributed by atoms with van der Waals surface area (Å²) in [4.78, 5) is 16.8. The number of urea groups is 1. The molecule has 2 aliphatic heterocycles. The van der Waals surface area contributed by atoms with Crippen LogP contribution in [0.25, 0.3) is 0 Å². The smallest absolute Gasteiger partial charge is 0.321 e. The Hall–Kier alpha value is -2.64. The molecule has 2 fully saturated rings. The summed E-state index contributed by atoms with van der Waals surface area (Å²) in [5.41, 5.74) is 0.688. The zero-order valence-corrected chi connectivity index (χ0v) is 15.7. The molecule has 0 saturated carbocycles. The predicted molar refractivity (Wildman–Crippen MR) is 106 cm³/mol. The Kier molecular flexibility index (Phi) is 5.73. The van der Waals surface area contributed by atoms with Crippen molar-refractivity contribution >= 4 is 11.7 Å². The summed E-state index contributed by atoms with van der Waals surface area (Å²) < 4.78 is 19.2. The van der Waals surface area contributed by atoms with Gasteiger partial charge in [0.1, 0.15) is 5.75 Å². The number of hydrogen-bond donors (Lipinski definition) is 2. The summed E-state index contributed by atoms with van der Waals surface area (Å²) in [6, 6.07) is 13.7. The molecule has 2 aromatic rings. The van der Waals surface area contributed by atoms with Crippen LogP contribution >= 0.6 is 0 Å². The van der Waals surface area contributed by atoms with Crippen molar-refractivity contribution < 1.29 is 13.9 Å². The van der Waals surface area contributed by atoms with E-state index in [4.69, 9.17) is 4.74 Å². The normalized spacial score (nSPS) is 20.2. The van der Waals surface area contributed by atoms with Crippen LogP contribution in [0.15, 0.2) is 48.5 Å². The lowest BCUT2D eigenvalue weighted by molar-refractivity contribution is 0.119. The number of piperazine rings is 1. The second-order valence-corrected chi connectivity index (χ2v) is 7.16. The summed E-state index contributed by atoms with van der Waals surface area (Å²) in [6.45, 7) is 5.42. The molecule has 148 valence electrons. The van der Waals surface area contributed by atoms with E-state index in [0.717, 1.165) is 39.3 Å². The van der Waals surface area contributed by atoms with Gasteiger partial charge in [-0.05, 0) is 49.4 Å². The molecule has 2 saturated heterocycles. The van der Waals surface area contributed by atoms with Crippen LogP contribution in [0.1, 0.15) is 6.42 Å². The molecule has 1 atom stereocenters. The molecule has 28 heavy (non-hydrogen) atoms. The van der Waals surface area contributed by atoms with Crippen LogP contribution < -0.4 is 15.4 Å². The van der Waals surface area contributed by atoms with Crippen LogP contribution in [0.4, 0.5) is 14.9 Å². The van der Waals surface area contributed by atoms with Gasteiger partial charge in [0.05, 0.1) is 0 Å². The standard InChI is InChI=1S/C21H25FN4O2/c22-19-3-1-2-4-20(19)28-18-7-5-16(6-8-18)24-21(27)26-13-11-25(12-14-26)17-9-10-23-15-17/h1-8,17,23H,9-15H2,(H,24,27). The van der Waals surface area contributed by atoms with Crippen LogP contribution in [0.2, 0.25) is 0 Å². The van der Waals surface area contributed by atoms with E-state index >= 15 is 0 Å². The number of ether oxygens (including phenoxy) is 1. The molecule has 0 aromatic heterocycles. The SMILES string of the molecule is O=C(Nc1ccc(Oc2ccccc2F)cc1)N1CCN(C2CCNC2)CC1. The predicted octanol–water partition coefficient (Wildman–Crippen LogP) is 3.13. The largest absolute Gasteiger partial charge is 0.454 e. The first-order chi connectivity index (χ1) is 13.7. The molecule has 0 aliphatic carbocycles. The maximum absolute atomic E-state index is 13.7. The van der Waals surface area contributed by atoms with Crippen LogP contribution in [0.5, 0.6) is 11.5 Å². The lowest BCUT2D eigenvalue weighted by atomic mass is 10.2. The monoisotopic (exact) mass is 384 g/mol. The highest BCUT2D eigenvalue weighted by atomic mass is 19.1. The zero-order chi connectivity index (χ0) is 19.3. The number of carbonyl (C=O) groups excluding carboxylic acids is 1. The van der Waals surface area contributed by atoms with Crippen LogP contribution in [-0.2, 0) is 0 Å². The van der Waals surface area contributed by atoms with E-state index in [1.54, 1.807) is 42.5 Å². The van der Waals surface area contributed by atoms with Gasteiger partial charge < -0.3 is 20.3 Å². The number of anilines is 1. The fourth-order valence-electron chi connectivity index (χ4n) is 3.70. The number of halogens is 1. The van der Waals surface area contributed by atoms with Gasteiger partial charge in [0.15, 0.2) is 11.6 Å². The average molecular weight is 384 g/mol. The lowest BCUT2D eigenvalue weighted by Crippen LogP contribution is -2.53. The Morgan fingerprint density at radius 3 is 2.50 bits per heavy atom. The van der Waals surface area contributed by atoms with Gasteiger partial charge in [-0.25, -0.2) is 9.18 Å². The highest BCUT2D eigenvalue weighted by Gasteiger charge is 2.27. The van der Waals surface area contributed by atoms with Crippen LogP contribution in [0, 0.1) is 5.82 Å². The highest BCUT2D eigenvalue weighted by molar-refractivity contribution is 5.89. The number of carbonyl (C=O) groups is 1. The number of benzene rings is 2. The quantitative estimate of drug-likeness (QED) is 0.850. The minimum Gasteiger partial charge on any atom is -0.454 e. The molecule has 2 aliphatic rings. The fourth-order valence-corrected chi connectivity index (χ4v) is 3.70. The number of amides is 2. The van der Waals surface area contributed by atoms with Crippen LogP contribution in [0.3, 0.4) is 0 Å². The van der Waals surface area contributed by atoms with E-state index in [9.17, 15) is 9.18 Å². The van der Waals surface area contributed by atoms with Gasteiger partial charge in [0.25, 0.3) is 0 Å². The van der Waals surface area contributed by atoms with E-state index in [1.165, 1.54) is 12.5 Å². The van der Waals surface area contributed by atoms with E-state index in [1.807, 2.05) is 4.90 Å². The van der Waals surface area contributed by atoms with Crippen molar-refractivity contribution in [1.82, 2.24) is 15.1 Å². The number of nitrogens with one attached hydrogen (secondary N) is 2. The van der Waals surface area contributed by atoms with Crippen molar-refractivity contribution in [2.45, 2.75) is 12.5 Å². The van der Waals surface area contributed by atoms with E-state index < -0.39 is 5.82 Å². The Bertz CT molecular complexity index is 800. The molecule has 1 unspecified atom stereocenters. The second-order valence-electron chi connectivity index (χ2n) is 7.16. The Morgan fingerprint density at radius 1 is 1.07 bits per heavy atom.